The molecule has 164 valence electrons. The Morgan fingerprint density at radius 3 is 2.67 bits per heavy atom. The number of rotatable bonds is 6. The van der Waals surface area contributed by atoms with E-state index in [1.807, 2.05) is 48.5 Å². The van der Waals surface area contributed by atoms with Gasteiger partial charge in [-0.25, -0.2) is 9.38 Å². The third kappa shape index (κ3) is 4.04. The molecule has 0 fully saturated rings. The van der Waals surface area contributed by atoms with E-state index < -0.39 is 0 Å². The molecule has 0 atom stereocenters. The number of anilines is 1. The van der Waals surface area contributed by atoms with Crippen molar-refractivity contribution in [2.75, 3.05) is 19.0 Å². The third-order valence-electron chi connectivity index (χ3n) is 5.07. The van der Waals surface area contributed by atoms with Gasteiger partial charge in [-0.3, -0.25) is 9.59 Å². The summed E-state index contributed by atoms with van der Waals surface area (Å²) in [6, 6.07) is 22.0. The quantitative estimate of drug-likeness (QED) is 0.422. The van der Waals surface area contributed by atoms with Crippen LogP contribution in [0.2, 0.25) is 0 Å². The summed E-state index contributed by atoms with van der Waals surface area (Å²) in [5, 5.41) is 2.78. The number of hydrogen-bond donors (Lipinski definition) is 1. The lowest BCUT2D eigenvalue weighted by molar-refractivity contribution is -0.118. The van der Waals surface area contributed by atoms with Crippen molar-refractivity contribution >= 4 is 45.0 Å². The van der Waals surface area contributed by atoms with Crippen molar-refractivity contribution in [2.45, 2.75) is 0 Å². The zero-order chi connectivity index (χ0) is 22.8. The normalized spacial score (nSPS) is 11.7. The van der Waals surface area contributed by atoms with Crippen molar-refractivity contribution in [2.24, 2.45) is 0 Å². The lowest BCUT2D eigenvalue weighted by Crippen LogP contribution is -2.23. The fraction of sp³-hybridized carbons (Fsp3) is 0.0800. The minimum absolute atomic E-state index is 0.153. The van der Waals surface area contributed by atoms with E-state index in [-0.39, 0.29) is 18.1 Å². The highest BCUT2D eigenvalue weighted by atomic mass is 32.1. The van der Waals surface area contributed by atoms with Gasteiger partial charge in [0.25, 0.3) is 11.5 Å². The van der Waals surface area contributed by atoms with Crippen LogP contribution in [-0.2, 0) is 4.79 Å². The molecule has 0 aliphatic carbocycles. The highest BCUT2D eigenvalue weighted by molar-refractivity contribution is 7.15. The Hall–Kier alpha value is -4.17. The number of benzene rings is 3. The molecule has 0 aliphatic rings. The Morgan fingerprint density at radius 1 is 1.06 bits per heavy atom. The van der Waals surface area contributed by atoms with Crippen molar-refractivity contribution in [1.82, 2.24) is 9.38 Å². The third-order valence-corrected chi connectivity index (χ3v) is 6.03. The number of para-hydroxylation sites is 4. The minimum Gasteiger partial charge on any atom is -0.493 e. The predicted octanol–water partition coefficient (Wildman–Crippen LogP) is 3.48. The highest BCUT2D eigenvalue weighted by Crippen LogP contribution is 2.31. The first-order valence-corrected chi connectivity index (χ1v) is 11.0. The smallest absolute Gasteiger partial charge is 0.274 e. The van der Waals surface area contributed by atoms with Gasteiger partial charge in [0.2, 0.25) is 0 Å². The number of ether oxygens (including phenoxy) is 2. The van der Waals surface area contributed by atoms with Gasteiger partial charge >= 0.3 is 0 Å². The lowest BCUT2D eigenvalue weighted by atomic mass is 10.1. The van der Waals surface area contributed by atoms with Crippen LogP contribution in [0, 0.1) is 0 Å². The first kappa shape index (κ1) is 20.7. The topological polar surface area (TPSA) is 81.9 Å². The average Bonchev–Trinajstić information content (AvgIpc) is 3.34. The van der Waals surface area contributed by atoms with Crippen molar-refractivity contribution < 1.29 is 14.3 Å². The van der Waals surface area contributed by atoms with E-state index >= 15 is 0 Å². The van der Waals surface area contributed by atoms with Gasteiger partial charge in [0.1, 0.15) is 0 Å². The van der Waals surface area contributed by atoms with Crippen molar-refractivity contribution in [3.63, 3.8) is 0 Å². The van der Waals surface area contributed by atoms with Gasteiger partial charge in [-0.2, -0.15) is 0 Å². The molecule has 7 nitrogen and oxygen atoms in total. The molecule has 0 bridgehead atoms. The molecular formula is C25H19N3O4S. The van der Waals surface area contributed by atoms with Crippen LogP contribution in [0.15, 0.2) is 77.6 Å². The standard InChI is InChI=1S/C25H19N3O4S/c1-31-20-13-7-8-16(23(20)32-15-22(29)26-17-9-3-2-4-10-17)14-21-24(30)28-19-12-6-5-11-18(19)27-25(28)33-21/h2-14H,15H2,1H3,(H,26,29)/b21-14-. The van der Waals surface area contributed by atoms with Crippen LogP contribution in [0.4, 0.5) is 5.69 Å². The maximum absolute atomic E-state index is 13.1. The summed E-state index contributed by atoms with van der Waals surface area (Å²) in [5.41, 5.74) is 2.71. The number of aromatic nitrogens is 2. The van der Waals surface area contributed by atoms with Gasteiger partial charge < -0.3 is 14.8 Å². The summed E-state index contributed by atoms with van der Waals surface area (Å²) in [6.45, 7) is -0.210. The minimum atomic E-state index is -0.302. The number of hydrogen-bond acceptors (Lipinski definition) is 6. The Bertz CT molecular complexity index is 1570. The highest BCUT2D eigenvalue weighted by Gasteiger charge is 2.14. The summed E-state index contributed by atoms with van der Waals surface area (Å²) in [6.07, 6.45) is 1.74. The van der Waals surface area contributed by atoms with Crippen LogP contribution in [0.1, 0.15) is 5.56 Å². The molecule has 8 heteroatoms. The van der Waals surface area contributed by atoms with Gasteiger partial charge in [-0.05, 0) is 36.4 Å². The predicted molar refractivity (Wildman–Crippen MR) is 129 cm³/mol. The second-order valence-electron chi connectivity index (χ2n) is 7.22. The van der Waals surface area contributed by atoms with E-state index in [9.17, 15) is 9.59 Å². The van der Waals surface area contributed by atoms with E-state index in [2.05, 4.69) is 10.3 Å². The SMILES string of the molecule is COc1cccc(/C=c2\sc3nc4ccccc4n3c2=O)c1OCC(=O)Nc1ccccc1. The summed E-state index contributed by atoms with van der Waals surface area (Å²) >= 11 is 1.30. The van der Waals surface area contributed by atoms with Crippen LogP contribution in [0.25, 0.3) is 22.1 Å². The maximum atomic E-state index is 13.1. The molecular weight excluding hydrogens is 438 g/mol. The second-order valence-corrected chi connectivity index (χ2v) is 8.22. The number of nitrogens with one attached hydrogen (secondary N) is 1. The molecule has 0 saturated heterocycles. The van der Waals surface area contributed by atoms with Gasteiger partial charge in [0.15, 0.2) is 23.1 Å². The summed E-state index contributed by atoms with van der Waals surface area (Å²) < 4.78 is 13.4. The van der Waals surface area contributed by atoms with Gasteiger partial charge in [0, 0.05) is 11.3 Å². The van der Waals surface area contributed by atoms with Gasteiger partial charge in [-0.15, -0.1) is 0 Å². The average molecular weight is 458 g/mol. The molecule has 1 N–H and O–H groups in total. The van der Waals surface area contributed by atoms with Crippen LogP contribution in [-0.4, -0.2) is 29.0 Å². The molecule has 5 aromatic rings. The van der Waals surface area contributed by atoms with Crippen LogP contribution >= 0.6 is 11.3 Å². The zero-order valence-electron chi connectivity index (χ0n) is 17.6. The monoisotopic (exact) mass is 457 g/mol. The van der Waals surface area contributed by atoms with Crippen molar-refractivity contribution in [3.05, 3.63) is 93.2 Å². The number of carbonyl (C=O) groups excluding carboxylic acids is 1. The van der Waals surface area contributed by atoms with E-state index in [1.165, 1.54) is 18.4 Å². The van der Waals surface area contributed by atoms with Crippen molar-refractivity contribution in [1.29, 1.82) is 0 Å². The molecule has 0 spiro atoms. The van der Waals surface area contributed by atoms with Gasteiger partial charge in [-0.1, -0.05) is 53.8 Å². The fourth-order valence-corrected chi connectivity index (χ4v) is 4.55. The molecule has 0 aliphatic heterocycles. The summed E-state index contributed by atoms with van der Waals surface area (Å²) in [7, 11) is 1.53. The molecule has 0 radical (unpaired) electrons. The zero-order valence-corrected chi connectivity index (χ0v) is 18.5. The maximum Gasteiger partial charge on any atom is 0.274 e. The number of amides is 1. The first-order valence-electron chi connectivity index (χ1n) is 10.2. The second kappa shape index (κ2) is 8.76. The largest absolute Gasteiger partial charge is 0.493 e. The molecule has 0 saturated carbocycles. The number of thiazole rings is 1. The summed E-state index contributed by atoms with van der Waals surface area (Å²) in [5.74, 6) is 0.553. The Labute approximate surface area is 192 Å². The number of methoxy groups -OCH3 is 1. The van der Waals surface area contributed by atoms with Crippen LogP contribution in [0.3, 0.4) is 0 Å². The molecule has 0 unspecified atom stereocenters. The van der Waals surface area contributed by atoms with Crippen LogP contribution < -0.4 is 24.9 Å². The fourth-order valence-electron chi connectivity index (χ4n) is 3.57. The number of nitrogens with zero attached hydrogens (tertiary/aromatic N) is 2. The summed E-state index contributed by atoms with van der Waals surface area (Å²) in [4.78, 5) is 30.7. The van der Waals surface area contributed by atoms with Crippen LogP contribution in [0.5, 0.6) is 11.5 Å². The number of imidazole rings is 1. The first-order chi connectivity index (χ1) is 16.1. The van der Waals surface area contributed by atoms with E-state index in [0.717, 1.165) is 11.0 Å². The molecule has 33 heavy (non-hydrogen) atoms. The number of fused-ring (bicyclic) bond motifs is 3. The molecule has 2 aromatic heterocycles. The van der Waals surface area contributed by atoms with Crippen molar-refractivity contribution in [3.8, 4) is 11.5 Å². The molecule has 5 rings (SSSR count). The molecule has 1 amide bonds. The Morgan fingerprint density at radius 2 is 1.85 bits per heavy atom. The Balaban J connectivity index is 1.49. The number of carbonyl (C=O) groups is 1. The van der Waals surface area contributed by atoms with Gasteiger partial charge in [0.05, 0.1) is 22.7 Å². The molecule has 2 heterocycles. The molecule has 3 aromatic carbocycles. The Kier molecular flexibility index (Phi) is 5.50. The van der Waals surface area contributed by atoms with E-state index in [0.29, 0.717) is 32.2 Å². The van der Waals surface area contributed by atoms with E-state index in [1.54, 1.807) is 34.7 Å². The lowest BCUT2D eigenvalue weighted by Gasteiger charge is -2.13. The van der Waals surface area contributed by atoms with E-state index in [4.69, 9.17) is 9.47 Å².